The first-order chi connectivity index (χ1) is 18.1. The van der Waals surface area contributed by atoms with E-state index in [1.165, 1.54) is 19.5 Å². The van der Waals surface area contributed by atoms with Gasteiger partial charge in [0.15, 0.2) is 0 Å². The van der Waals surface area contributed by atoms with Crippen molar-refractivity contribution < 1.29 is 0 Å². The molecule has 0 aliphatic carbocycles. The van der Waals surface area contributed by atoms with Crippen LogP contribution in [0.3, 0.4) is 0 Å². The quantitative estimate of drug-likeness (QED) is 0.436. The summed E-state index contributed by atoms with van der Waals surface area (Å²) in [4.78, 5) is 8.20. The van der Waals surface area contributed by atoms with Gasteiger partial charge in [0.1, 0.15) is 12.0 Å². The second kappa shape index (κ2) is 8.35. The molecule has 8 atom stereocenters. The minimum atomic E-state index is 0.00319. The van der Waals surface area contributed by atoms with Crippen molar-refractivity contribution in [1.29, 1.82) is 0 Å². The maximum absolute atomic E-state index is 5.20. The number of piperidine rings is 3. The molecule has 5 aliphatic heterocycles. The fraction of sp³-hybridized carbons (Fsp3) is 0.567. The highest BCUT2D eigenvalue weighted by atomic mass is 15.4. The van der Waals surface area contributed by atoms with E-state index in [1.54, 1.807) is 0 Å². The highest BCUT2D eigenvalue weighted by molar-refractivity contribution is 5.78. The van der Waals surface area contributed by atoms with E-state index >= 15 is 0 Å². The lowest BCUT2D eigenvalue weighted by Gasteiger charge is -2.62. The second-order valence-electron chi connectivity index (χ2n) is 12.6. The van der Waals surface area contributed by atoms with Crippen molar-refractivity contribution in [3.05, 3.63) is 60.4 Å². The van der Waals surface area contributed by atoms with Crippen LogP contribution in [0.1, 0.15) is 32.3 Å². The first-order valence-corrected chi connectivity index (χ1v) is 14.3. The summed E-state index contributed by atoms with van der Waals surface area (Å²) in [6.07, 6.45) is 1.28. The van der Waals surface area contributed by atoms with E-state index in [2.05, 4.69) is 99.2 Å². The number of rotatable bonds is 2. The molecule has 2 aromatic carbocycles. The number of nitrogens with one attached hydrogen (secondary N) is 4. The lowest BCUT2D eigenvalue weighted by Crippen LogP contribution is -2.76. The minimum absolute atomic E-state index is 0.00319. The number of hydrogen-bond acceptors (Lipinski definition) is 6. The molecule has 37 heavy (non-hydrogen) atoms. The second-order valence-corrected chi connectivity index (χ2v) is 12.6. The molecule has 0 spiro atoms. The number of benzene rings is 2. The summed E-state index contributed by atoms with van der Waals surface area (Å²) < 4.78 is 2.34. The maximum atomic E-state index is 5.20. The SMILES string of the molecule is CC1(C)C2CNCC3C4CNCCC4N(C4CNC(c5nc6ccccc6n5-c5ccccc5)NC41)C32. The van der Waals surface area contributed by atoms with Crippen LogP contribution in [0.4, 0.5) is 0 Å². The minimum Gasteiger partial charge on any atom is -0.316 e. The molecular formula is C30H39N7. The van der Waals surface area contributed by atoms with Gasteiger partial charge in [-0.1, -0.05) is 44.2 Å². The van der Waals surface area contributed by atoms with Crippen molar-refractivity contribution >= 4 is 11.0 Å². The monoisotopic (exact) mass is 497 g/mol. The van der Waals surface area contributed by atoms with Crippen molar-refractivity contribution in [2.45, 2.75) is 50.6 Å². The van der Waals surface area contributed by atoms with Crippen molar-refractivity contribution in [2.75, 3.05) is 32.7 Å². The molecule has 5 saturated heterocycles. The third-order valence-electron chi connectivity index (χ3n) is 10.6. The molecule has 7 heteroatoms. The normalized spacial score (nSPS) is 38.6. The standard InChI is InChI=1S/C30H39N7/c1-30(2)21-16-32-15-20-19-14-31-13-12-23(19)37(26(20)21)25-17-33-28(35-27(25)30)29-34-22-10-6-7-11-24(22)36(29)18-8-4-3-5-9-18/h3-11,19-21,23,25-28,31-33,35H,12-17H2,1-2H3. The Morgan fingerprint density at radius 3 is 2.57 bits per heavy atom. The van der Waals surface area contributed by atoms with Crippen LogP contribution in [0.2, 0.25) is 0 Å². The molecule has 0 saturated carbocycles. The molecule has 4 N–H and O–H groups in total. The molecule has 6 heterocycles. The van der Waals surface area contributed by atoms with Gasteiger partial charge in [-0.2, -0.15) is 0 Å². The van der Waals surface area contributed by atoms with E-state index in [-0.39, 0.29) is 11.6 Å². The highest BCUT2D eigenvalue weighted by Gasteiger charge is 2.64. The Bertz CT molecular complexity index is 1300. The zero-order valence-electron chi connectivity index (χ0n) is 21.9. The van der Waals surface area contributed by atoms with Gasteiger partial charge in [0, 0.05) is 42.9 Å². The highest BCUT2D eigenvalue weighted by Crippen LogP contribution is 2.54. The Kier molecular flexibility index (Phi) is 5.12. The molecule has 7 nitrogen and oxygen atoms in total. The van der Waals surface area contributed by atoms with E-state index in [0.717, 1.165) is 54.0 Å². The van der Waals surface area contributed by atoms with Gasteiger partial charge < -0.3 is 10.6 Å². The van der Waals surface area contributed by atoms with E-state index in [4.69, 9.17) is 4.98 Å². The maximum Gasteiger partial charge on any atom is 0.146 e. The van der Waals surface area contributed by atoms with Crippen molar-refractivity contribution in [3.8, 4) is 5.69 Å². The van der Waals surface area contributed by atoms with E-state index in [9.17, 15) is 0 Å². The summed E-state index contributed by atoms with van der Waals surface area (Å²) in [5.74, 6) is 3.24. The summed E-state index contributed by atoms with van der Waals surface area (Å²) in [6, 6.07) is 21.5. The molecular weight excluding hydrogens is 458 g/mol. The van der Waals surface area contributed by atoms with Gasteiger partial charge in [-0.05, 0) is 73.5 Å². The van der Waals surface area contributed by atoms with Crippen LogP contribution < -0.4 is 21.3 Å². The lowest BCUT2D eigenvalue weighted by atomic mass is 9.60. The number of imidazole rings is 1. The first kappa shape index (κ1) is 22.7. The molecule has 5 fully saturated rings. The Labute approximate surface area is 219 Å². The van der Waals surface area contributed by atoms with Gasteiger partial charge >= 0.3 is 0 Å². The zero-order chi connectivity index (χ0) is 24.7. The predicted molar refractivity (Wildman–Crippen MR) is 147 cm³/mol. The number of hydrogen-bond donors (Lipinski definition) is 4. The number of aromatic nitrogens is 2. The van der Waals surface area contributed by atoms with Crippen LogP contribution in [0, 0.1) is 23.2 Å². The summed E-state index contributed by atoms with van der Waals surface area (Å²) in [6.45, 7) is 10.7. The predicted octanol–water partition coefficient (Wildman–Crippen LogP) is 2.49. The van der Waals surface area contributed by atoms with E-state index < -0.39 is 0 Å². The smallest absolute Gasteiger partial charge is 0.146 e. The van der Waals surface area contributed by atoms with Crippen LogP contribution in [0.15, 0.2) is 54.6 Å². The summed E-state index contributed by atoms with van der Waals surface area (Å²) in [5.41, 5.74) is 3.55. The third-order valence-corrected chi connectivity index (χ3v) is 10.6. The van der Waals surface area contributed by atoms with Crippen molar-refractivity contribution in [2.24, 2.45) is 23.2 Å². The first-order valence-electron chi connectivity index (χ1n) is 14.3. The van der Waals surface area contributed by atoms with Gasteiger partial charge in [0.05, 0.1) is 11.0 Å². The van der Waals surface area contributed by atoms with Crippen LogP contribution in [-0.2, 0) is 0 Å². The van der Waals surface area contributed by atoms with Crippen molar-refractivity contribution in [3.63, 3.8) is 0 Å². The zero-order valence-corrected chi connectivity index (χ0v) is 21.9. The largest absolute Gasteiger partial charge is 0.316 e. The molecule has 1 aromatic heterocycles. The van der Waals surface area contributed by atoms with Crippen LogP contribution in [0.5, 0.6) is 0 Å². The summed E-state index contributed by atoms with van der Waals surface area (Å²) >= 11 is 0. The average molecular weight is 498 g/mol. The van der Waals surface area contributed by atoms with Gasteiger partial charge in [-0.25, -0.2) is 4.98 Å². The molecule has 0 amide bonds. The number of nitrogens with zero attached hydrogens (tertiary/aromatic N) is 3. The Hall–Kier alpha value is -2.29. The molecule has 0 radical (unpaired) electrons. The van der Waals surface area contributed by atoms with E-state index in [1.807, 2.05) is 0 Å². The number of para-hydroxylation sites is 3. The molecule has 8 rings (SSSR count). The summed E-state index contributed by atoms with van der Waals surface area (Å²) in [7, 11) is 0. The van der Waals surface area contributed by atoms with Gasteiger partial charge in [0.2, 0.25) is 0 Å². The summed E-state index contributed by atoms with van der Waals surface area (Å²) in [5, 5.41) is 15.7. The van der Waals surface area contributed by atoms with Crippen LogP contribution in [-0.4, -0.2) is 71.3 Å². The third kappa shape index (κ3) is 3.21. The molecule has 3 aromatic rings. The van der Waals surface area contributed by atoms with Gasteiger partial charge in [0.25, 0.3) is 0 Å². The fourth-order valence-corrected chi connectivity index (χ4v) is 9.02. The average Bonchev–Trinajstić information content (AvgIpc) is 3.49. The fourth-order valence-electron chi connectivity index (χ4n) is 9.02. The Morgan fingerprint density at radius 1 is 0.865 bits per heavy atom. The molecule has 194 valence electrons. The Balaban J connectivity index is 1.20. The Morgan fingerprint density at radius 2 is 1.68 bits per heavy atom. The van der Waals surface area contributed by atoms with Gasteiger partial charge in [-0.15, -0.1) is 0 Å². The van der Waals surface area contributed by atoms with E-state index in [0.29, 0.717) is 30.1 Å². The lowest BCUT2D eigenvalue weighted by molar-refractivity contribution is -0.0985. The van der Waals surface area contributed by atoms with Gasteiger partial charge in [-0.3, -0.25) is 20.1 Å². The van der Waals surface area contributed by atoms with Crippen LogP contribution >= 0.6 is 0 Å². The topological polar surface area (TPSA) is 69.2 Å². The van der Waals surface area contributed by atoms with Crippen molar-refractivity contribution in [1.82, 2.24) is 35.7 Å². The van der Waals surface area contributed by atoms with Crippen LogP contribution in [0.25, 0.3) is 16.7 Å². The number of fused-ring (bicyclic) bond motifs is 6. The molecule has 5 aliphatic rings. The molecule has 8 unspecified atom stereocenters. The molecule has 0 bridgehead atoms.